The summed E-state index contributed by atoms with van der Waals surface area (Å²) in [5.41, 5.74) is -1.01. The molecule has 0 aromatic carbocycles. The summed E-state index contributed by atoms with van der Waals surface area (Å²) in [7, 11) is 0. The van der Waals surface area contributed by atoms with E-state index in [-0.39, 0.29) is 11.4 Å². The smallest absolute Gasteiger partial charge is 0.416 e. The van der Waals surface area contributed by atoms with E-state index in [9.17, 15) is 14.0 Å². The molecule has 0 saturated carbocycles. The number of aldehydes is 1. The summed E-state index contributed by atoms with van der Waals surface area (Å²) >= 11 is 0. The van der Waals surface area contributed by atoms with Crippen LogP contribution in [-0.2, 0) is 4.74 Å². The molecule has 1 unspecified atom stereocenters. The van der Waals surface area contributed by atoms with Gasteiger partial charge in [-0.15, -0.1) is 0 Å². The number of nitrogens with zero attached hydrogens (tertiary/aromatic N) is 3. The molecule has 1 N–H and O–H groups in total. The molecule has 0 spiro atoms. The Labute approximate surface area is 140 Å². The van der Waals surface area contributed by atoms with Gasteiger partial charge in [0.2, 0.25) is 5.95 Å². The van der Waals surface area contributed by atoms with Gasteiger partial charge in [-0.3, -0.25) is 9.79 Å². The zero-order valence-corrected chi connectivity index (χ0v) is 14.1. The van der Waals surface area contributed by atoms with Crippen LogP contribution in [0.2, 0.25) is 0 Å². The Morgan fingerprint density at radius 2 is 2.17 bits per heavy atom. The molecule has 24 heavy (non-hydrogen) atoms. The first kappa shape index (κ1) is 19.4. The number of hydrogen-bond donors (Lipinski definition) is 1. The van der Waals surface area contributed by atoms with Crippen molar-refractivity contribution in [3.05, 3.63) is 23.6 Å². The molecular formula is C16H21FN4O3. The lowest BCUT2D eigenvalue weighted by Gasteiger charge is -2.29. The third kappa shape index (κ3) is 5.22. The minimum atomic E-state index is -1.01. The fourth-order valence-electron chi connectivity index (χ4n) is 1.73. The highest BCUT2D eigenvalue weighted by molar-refractivity contribution is 6.01. The number of halogens is 1. The van der Waals surface area contributed by atoms with E-state index in [0.717, 1.165) is 11.1 Å². The number of aliphatic imine (C=N–C) groups is 1. The van der Waals surface area contributed by atoms with Crippen molar-refractivity contribution in [1.82, 2.24) is 4.98 Å². The largest absolute Gasteiger partial charge is 0.443 e. The summed E-state index contributed by atoms with van der Waals surface area (Å²) in [6.07, 6.45) is 1.88. The first-order valence-corrected chi connectivity index (χ1v) is 7.38. The minimum Gasteiger partial charge on any atom is -0.443 e. The number of amides is 1. The topological polar surface area (TPSA) is 95.7 Å². The number of carbonyl (C=O) groups is 2. The lowest BCUT2D eigenvalue weighted by molar-refractivity contribution is 0.0580. The Hall–Kier alpha value is -2.64. The highest BCUT2D eigenvalue weighted by Gasteiger charge is 2.29. The molecule has 8 heteroatoms. The monoisotopic (exact) mass is 336 g/mol. The highest BCUT2D eigenvalue weighted by Crippen LogP contribution is 2.19. The van der Waals surface area contributed by atoms with Crippen LogP contribution in [0.4, 0.5) is 15.0 Å². The van der Waals surface area contributed by atoms with Crippen LogP contribution in [0.25, 0.3) is 0 Å². The van der Waals surface area contributed by atoms with E-state index in [4.69, 9.17) is 10.1 Å². The molecule has 130 valence electrons. The van der Waals surface area contributed by atoms with E-state index in [1.165, 1.54) is 18.3 Å². The van der Waals surface area contributed by atoms with Crippen LogP contribution < -0.4 is 4.90 Å². The van der Waals surface area contributed by atoms with Gasteiger partial charge in [-0.05, 0) is 39.8 Å². The number of ether oxygens (including phenoxy) is 1. The molecule has 0 fully saturated rings. The normalized spacial score (nSPS) is 12.7. The molecule has 1 amide bonds. The average molecular weight is 336 g/mol. The molecule has 0 aliphatic rings. The van der Waals surface area contributed by atoms with E-state index in [0.29, 0.717) is 12.8 Å². The Morgan fingerprint density at radius 3 is 2.62 bits per heavy atom. The summed E-state index contributed by atoms with van der Waals surface area (Å²) in [6.45, 7) is 7.31. The fourth-order valence-corrected chi connectivity index (χ4v) is 1.73. The molecule has 1 heterocycles. The predicted octanol–water partition coefficient (Wildman–Crippen LogP) is 2.88. The molecule has 0 saturated heterocycles. The maximum absolute atomic E-state index is 13.8. The lowest BCUT2D eigenvalue weighted by Crippen LogP contribution is -2.46. The van der Waals surface area contributed by atoms with Crippen molar-refractivity contribution in [3.63, 3.8) is 0 Å². The van der Waals surface area contributed by atoms with Gasteiger partial charge in [0, 0.05) is 19.0 Å². The molecule has 1 aromatic heterocycles. The second-order valence-corrected chi connectivity index (χ2v) is 5.82. The number of carbonyl (C=O) groups excluding carboxylic acids is 2. The zero-order chi connectivity index (χ0) is 18.3. The molecule has 0 aliphatic heterocycles. The number of pyridine rings is 1. The molecule has 1 aromatic rings. The van der Waals surface area contributed by atoms with E-state index >= 15 is 0 Å². The Bertz CT molecular complexity index is 641. The molecule has 0 bridgehead atoms. The van der Waals surface area contributed by atoms with Crippen molar-refractivity contribution in [2.45, 2.75) is 39.3 Å². The van der Waals surface area contributed by atoms with Gasteiger partial charge in [-0.1, -0.05) is 0 Å². The summed E-state index contributed by atoms with van der Waals surface area (Å²) in [4.78, 5) is 31.9. The highest BCUT2D eigenvalue weighted by atomic mass is 19.1. The zero-order valence-electron chi connectivity index (χ0n) is 14.1. The lowest BCUT2D eigenvalue weighted by atomic mass is 10.2. The van der Waals surface area contributed by atoms with Crippen LogP contribution in [0.15, 0.2) is 17.1 Å². The summed E-state index contributed by atoms with van der Waals surface area (Å²) in [6, 6.07) is 1.63. The van der Waals surface area contributed by atoms with Crippen molar-refractivity contribution in [3.8, 4) is 0 Å². The molecule has 1 atom stereocenters. The van der Waals surface area contributed by atoms with Crippen LogP contribution in [0.3, 0.4) is 0 Å². The molecule has 0 aliphatic carbocycles. The van der Waals surface area contributed by atoms with Gasteiger partial charge in [-0.25, -0.2) is 14.7 Å². The van der Waals surface area contributed by atoms with Gasteiger partial charge in [0.15, 0.2) is 6.29 Å². The first-order valence-electron chi connectivity index (χ1n) is 7.38. The van der Waals surface area contributed by atoms with Crippen LogP contribution in [0.1, 0.15) is 38.1 Å². The first-order chi connectivity index (χ1) is 11.2. The van der Waals surface area contributed by atoms with Crippen molar-refractivity contribution < 1.29 is 18.7 Å². The predicted molar refractivity (Wildman–Crippen MR) is 89.9 cm³/mol. The van der Waals surface area contributed by atoms with Crippen LogP contribution in [-0.4, -0.2) is 48.0 Å². The molecule has 0 radical (unpaired) electrons. The summed E-state index contributed by atoms with van der Waals surface area (Å²) in [5, 5.41) is 7.53. The van der Waals surface area contributed by atoms with Crippen molar-refractivity contribution in [2.24, 2.45) is 4.99 Å². The third-order valence-electron chi connectivity index (χ3n) is 2.74. The third-order valence-corrected chi connectivity index (χ3v) is 2.74. The number of nitrogens with one attached hydrogen (secondary N) is 1. The Balaban J connectivity index is 3.33. The van der Waals surface area contributed by atoms with Crippen molar-refractivity contribution in [2.75, 3.05) is 11.4 Å². The van der Waals surface area contributed by atoms with Gasteiger partial charge in [0.05, 0.1) is 5.56 Å². The Kier molecular flexibility index (Phi) is 6.69. The average Bonchev–Trinajstić information content (AvgIpc) is 2.49. The maximum Gasteiger partial charge on any atom is 0.416 e. The second kappa shape index (κ2) is 8.28. The second-order valence-electron chi connectivity index (χ2n) is 5.82. The molecular weight excluding hydrogens is 315 g/mol. The van der Waals surface area contributed by atoms with Crippen LogP contribution in [0, 0.1) is 11.4 Å². The van der Waals surface area contributed by atoms with Gasteiger partial charge in [0.1, 0.15) is 17.5 Å². The van der Waals surface area contributed by atoms with E-state index in [2.05, 4.69) is 9.98 Å². The van der Waals surface area contributed by atoms with E-state index in [1.54, 1.807) is 27.7 Å². The number of hydrogen-bond acceptors (Lipinski definition) is 6. The molecule has 7 nitrogen and oxygen atoms in total. The minimum absolute atomic E-state index is 0.0802. The number of anilines is 1. The number of aromatic nitrogens is 1. The van der Waals surface area contributed by atoms with Gasteiger partial charge >= 0.3 is 6.09 Å². The summed E-state index contributed by atoms with van der Waals surface area (Å²) in [5.74, 6) is -1.09. The van der Waals surface area contributed by atoms with Crippen LogP contribution >= 0.6 is 0 Å². The van der Waals surface area contributed by atoms with Crippen LogP contribution in [0.5, 0.6) is 0 Å². The summed E-state index contributed by atoms with van der Waals surface area (Å²) < 4.78 is 19.1. The maximum atomic E-state index is 13.8. The SMILES string of the molecule is CCN=CC(C=N)N(C(=O)OC(C)(C)C)c1ccc(C=O)c(F)n1. The quantitative estimate of drug-likeness (QED) is 0.491. The van der Waals surface area contributed by atoms with Crippen molar-refractivity contribution in [1.29, 1.82) is 5.41 Å². The molecule has 1 rings (SSSR count). The van der Waals surface area contributed by atoms with Gasteiger partial charge in [0.25, 0.3) is 0 Å². The van der Waals surface area contributed by atoms with E-state index < -0.39 is 23.7 Å². The standard InChI is InChI=1S/C16H21FN4O3/c1-5-19-9-12(8-18)21(15(23)24-16(2,3)4)13-7-6-11(10-22)14(17)20-13/h6-10,12,18H,5H2,1-4H3. The number of rotatable bonds is 6. The fraction of sp³-hybridized carbons (Fsp3) is 0.438. The van der Waals surface area contributed by atoms with Gasteiger partial charge < -0.3 is 10.1 Å². The van der Waals surface area contributed by atoms with Crippen molar-refractivity contribution >= 4 is 30.6 Å². The Morgan fingerprint density at radius 1 is 1.50 bits per heavy atom. The van der Waals surface area contributed by atoms with E-state index in [1.807, 2.05) is 0 Å². The van der Waals surface area contributed by atoms with Gasteiger partial charge in [-0.2, -0.15) is 4.39 Å².